The van der Waals surface area contributed by atoms with Crippen LogP contribution in [0.15, 0.2) is 70.2 Å². The number of nitrogens with zero attached hydrogens (tertiary/aromatic N) is 3. The lowest BCUT2D eigenvalue weighted by Gasteiger charge is -2.13. The highest BCUT2D eigenvalue weighted by molar-refractivity contribution is 7.98. The first kappa shape index (κ1) is 20.1. The molecule has 2 aromatic heterocycles. The van der Waals surface area contributed by atoms with Gasteiger partial charge in [0.25, 0.3) is 5.91 Å². The van der Waals surface area contributed by atoms with Gasteiger partial charge in [0.15, 0.2) is 16.7 Å². The normalized spacial score (nSPS) is 10.8. The van der Waals surface area contributed by atoms with Gasteiger partial charge >= 0.3 is 0 Å². The number of aromatic nitrogens is 3. The Labute approximate surface area is 182 Å². The first-order valence-corrected chi connectivity index (χ1v) is 10.8. The Balaban J connectivity index is 1.44. The molecular formula is C21H19N5O2S2. The highest BCUT2D eigenvalue weighted by Crippen LogP contribution is 2.21. The lowest BCUT2D eigenvalue weighted by Crippen LogP contribution is -2.38. The molecule has 0 aliphatic rings. The third-order valence-electron chi connectivity index (χ3n) is 4.32. The number of fused-ring (bicyclic) bond motifs is 1. The molecule has 4 rings (SSSR count). The zero-order valence-corrected chi connectivity index (χ0v) is 17.8. The van der Waals surface area contributed by atoms with E-state index in [1.807, 2.05) is 49.4 Å². The van der Waals surface area contributed by atoms with Crippen LogP contribution in [0.3, 0.4) is 0 Å². The van der Waals surface area contributed by atoms with Gasteiger partial charge in [-0.05, 0) is 29.9 Å². The summed E-state index contributed by atoms with van der Waals surface area (Å²) < 4.78 is 7.29. The van der Waals surface area contributed by atoms with Crippen LogP contribution in [0.5, 0.6) is 0 Å². The van der Waals surface area contributed by atoms with Gasteiger partial charge in [-0.1, -0.05) is 67.2 Å². The molecule has 152 valence electrons. The number of nitrogens with one attached hydrogen (secondary N) is 2. The zero-order valence-electron chi connectivity index (χ0n) is 16.2. The molecule has 0 bridgehead atoms. The quantitative estimate of drug-likeness (QED) is 0.346. The van der Waals surface area contributed by atoms with Crippen molar-refractivity contribution in [2.75, 3.05) is 5.43 Å². The Morgan fingerprint density at radius 1 is 1.13 bits per heavy atom. The van der Waals surface area contributed by atoms with E-state index < -0.39 is 5.91 Å². The van der Waals surface area contributed by atoms with Crippen LogP contribution in [-0.4, -0.2) is 25.9 Å². The average Bonchev–Trinajstić information content (AvgIpc) is 3.36. The summed E-state index contributed by atoms with van der Waals surface area (Å²) in [6.45, 7) is 1.98. The van der Waals surface area contributed by atoms with Crippen molar-refractivity contribution in [3.8, 4) is 0 Å². The van der Waals surface area contributed by atoms with E-state index in [0.717, 1.165) is 11.1 Å². The fraction of sp³-hybridized carbons (Fsp3) is 0.143. The molecule has 0 fully saturated rings. The molecule has 0 saturated heterocycles. The molecule has 2 N–H and O–H groups in total. The lowest BCUT2D eigenvalue weighted by molar-refractivity contribution is 0.0952. The van der Waals surface area contributed by atoms with Crippen molar-refractivity contribution in [3.05, 3.63) is 77.8 Å². The predicted molar refractivity (Wildman–Crippen MR) is 121 cm³/mol. The maximum atomic E-state index is 12.5. The summed E-state index contributed by atoms with van der Waals surface area (Å²) in [6.07, 6.45) is 0.659. The molecule has 0 aliphatic carbocycles. The number of hydrogen-bond donors (Lipinski definition) is 2. The molecule has 2 aromatic carbocycles. The molecule has 0 unspecified atom stereocenters. The second-order valence-corrected chi connectivity index (χ2v) is 7.76. The topological polar surface area (TPSA) is 85.0 Å². The highest BCUT2D eigenvalue weighted by atomic mass is 32.2. The Morgan fingerprint density at radius 3 is 2.67 bits per heavy atom. The van der Waals surface area contributed by atoms with E-state index >= 15 is 0 Å². The van der Waals surface area contributed by atoms with Crippen LogP contribution >= 0.6 is 24.0 Å². The van der Waals surface area contributed by atoms with Gasteiger partial charge in [0.1, 0.15) is 5.58 Å². The molecular weight excluding hydrogens is 418 g/mol. The minimum atomic E-state index is -0.423. The van der Waals surface area contributed by atoms with E-state index in [1.165, 1.54) is 17.3 Å². The molecule has 2 heterocycles. The van der Waals surface area contributed by atoms with Crippen LogP contribution in [0.4, 0.5) is 0 Å². The van der Waals surface area contributed by atoms with Crippen LogP contribution in [0.1, 0.15) is 28.9 Å². The number of aryl methyl sites for hydroxylation is 1. The van der Waals surface area contributed by atoms with Gasteiger partial charge in [-0.15, -0.1) is 10.2 Å². The minimum absolute atomic E-state index is 0.136. The number of furan rings is 1. The summed E-state index contributed by atoms with van der Waals surface area (Å²) >= 11 is 6.87. The summed E-state index contributed by atoms with van der Waals surface area (Å²) in [7, 11) is 0. The van der Waals surface area contributed by atoms with Crippen LogP contribution in [0.2, 0.25) is 0 Å². The van der Waals surface area contributed by atoms with Gasteiger partial charge in [-0.3, -0.25) is 15.5 Å². The van der Waals surface area contributed by atoms with Crippen molar-refractivity contribution in [2.24, 2.45) is 0 Å². The average molecular weight is 438 g/mol. The molecule has 9 heteroatoms. The second kappa shape index (κ2) is 9.10. The predicted octanol–water partition coefficient (Wildman–Crippen LogP) is 4.14. The molecule has 0 saturated carbocycles. The Bertz CT molecular complexity index is 1150. The highest BCUT2D eigenvalue weighted by Gasteiger charge is 2.16. The summed E-state index contributed by atoms with van der Waals surface area (Å²) in [6, 6.07) is 19.2. The number of carbonyl (C=O) groups excluding carboxylic acids is 1. The van der Waals surface area contributed by atoms with Crippen LogP contribution in [0.25, 0.3) is 11.0 Å². The largest absolute Gasteiger partial charge is 0.451 e. The Kier molecular flexibility index (Phi) is 6.10. The SMILES string of the molecule is CCc1nnc(SCc2ccccc2)n1NC(=S)NC(=O)c1cc2ccccc2o1. The van der Waals surface area contributed by atoms with E-state index in [1.54, 1.807) is 10.7 Å². The first-order valence-electron chi connectivity index (χ1n) is 9.36. The molecule has 7 nitrogen and oxygen atoms in total. The lowest BCUT2D eigenvalue weighted by atomic mass is 10.2. The minimum Gasteiger partial charge on any atom is -0.451 e. The number of para-hydroxylation sites is 1. The van der Waals surface area contributed by atoms with Gasteiger partial charge in [0.2, 0.25) is 5.16 Å². The van der Waals surface area contributed by atoms with Crippen LogP contribution in [-0.2, 0) is 12.2 Å². The number of hydrogen-bond acceptors (Lipinski definition) is 6. The molecule has 4 aromatic rings. The maximum absolute atomic E-state index is 12.5. The van der Waals surface area contributed by atoms with Crippen molar-refractivity contribution in [3.63, 3.8) is 0 Å². The fourth-order valence-electron chi connectivity index (χ4n) is 2.85. The van der Waals surface area contributed by atoms with Crippen LogP contribution < -0.4 is 10.7 Å². The smallest absolute Gasteiger partial charge is 0.293 e. The van der Waals surface area contributed by atoms with Crippen molar-refractivity contribution >= 4 is 46.0 Å². The van der Waals surface area contributed by atoms with Gasteiger partial charge < -0.3 is 4.42 Å². The first-order chi connectivity index (χ1) is 14.6. The Hall–Kier alpha value is -3.17. The number of thioether (sulfide) groups is 1. The summed E-state index contributed by atoms with van der Waals surface area (Å²) in [5.41, 5.74) is 4.83. The standard InChI is InChI=1S/C21H19N5O2S2/c1-2-18-23-24-21(30-13-14-8-4-3-5-9-14)26(18)25-20(29)22-19(27)17-12-15-10-6-7-11-16(15)28-17/h3-12H,2,13H2,1H3,(H2,22,25,27,29). The van der Waals surface area contributed by atoms with E-state index in [2.05, 4.69) is 33.1 Å². The number of rotatable bonds is 6. The van der Waals surface area contributed by atoms with E-state index in [0.29, 0.717) is 23.0 Å². The monoisotopic (exact) mass is 437 g/mol. The molecule has 1 amide bonds. The van der Waals surface area contributed by atoms with Gasteiger partial charge in [0.05, 0.1) is 0 Å². The van der Waals surface area contributed by atoms with Crippen molar-refractivity contribution in [1.29, 1.82) is 0 Å². The molecule has 0 radical (unpaired) electrons. The third kappa shape index (κ3) is 4.52. The van der Waals surface area contributed by atoms with E-state index in [-0.39, 0.29) is 10.9 Å². The molecule has 30 heavy (non-hydrogen) atoms. The molecule has 0 atom stereocenters. The summed E-state index contributed by atoms with van der Waals surface area (Å²) in [4.78, 5) is 12.5. The van der Waals surface area contributed by atoms with Crippen LogP contribution in [0, 0.1) is 0 Å². The van der Waals surface area contributed by atoms with Gasteiger partial charge in [-0.25, -0.2) is 4.68 Å². The zero-order chi connectivity index (χ0) is 20.9. The second-order valence-electron chi connectivity index (χ2n) is 6.41. The maximum Gasteiger partial charge on any atom is 0.293 e. The van der Waals surface area contributed by atoms with Gasteiger partial charge in [-0.2, -0.15) is 0 Å². The third-order valence-corrected chi connectivity index (χ3v) is 5.51. The van der Waals surface area contributed by atoms with Crippen molar-refractivity contribution < 1.29 is 9.21 Å². The molecule has 0 spiro atoms. The van der Waals surface area contributed by atoms with Gasteiger partial charge in [0, 0.05) is 17.6 Å². The van der Waals surface area contributed by atoms with E-state index in [4.69, 9.17) is 16.6 Å². The Morgan fingerprint density at radius 2 is 1.90 bits per heavy atom. The van der Waals surface area contributed by atoms with E-state index in [9.17, 15) is 4.79 Å². The number of amides is 1. The van der Waals surface area contributed by atoms with Crippen molar-refractivity contribution in [1.82, 2.24) is 20.2 Å². The summed E-state index contributed by atoms with van der Waals surface area (Å²) in [5.74, 6) is 1.22. The fourth-order valence-corrected chi connectivity index (χ4v) is 3.90. The van der Waals surface area contributed by atoms with Crippen molar-refractivity contribution in [2.45, 2.75) is 24.3 Å². The molecule has 0 aliphatic heterocycles. The summed E-state index contributed by atoms with van der Waals surface area (Å²) in [5, 5.41) is 12.8. The number of thiocarbonyl (C=S) groups is 1. The number of benzene rings is 2. The number of carbonyl (C=O) groups is 1.